The molecule has 7 atom stereocenters. The summed E-state index contributed by atoms with van der Waals surface area (Å²) < 4.78 is 0. The second-order valence-electron chi connectivity index (χ2n) is 10.5. The van der Waals surface area contributed by atoms with Gasteiger partial charge in [0.05, 0.1) is 11.7 Å². The number of aliphatic hydroxyl groups is 2. The molecule has 0 heterocycles. The molecule has 148 valence electrons. The van der Waals surface area contributed by atoms with Gasteiger partial charge in [0, 0.05) is 13.0 Å². The lowest BCUT2D eigenvalue weighted by Crippen LogP contribution is -2.63. The Morgan fingerprint density at radius 2 is 2.11 bits per heavy atom. The average molecular weight is 372 g/mol. The van der Waals surface area contributed by atoms with Gasteiger partial charge in [0.1, 0.15) is 0 Å². The van der Waals surface area contributed by atoms with Gasteiger partial charge in [-0.2, -0.15) is 0 Å². The summed E-state index contributed by atoms with van der Waals surface area (Å²) in [6.07, 6.45) is 12.1. The highest BCUT2D eigenvalue weighted by molar-refractivity contribution is 5.92. The first-order valence-electron chi connectivity index (χ1n) is 10.4. The Balaban J connectivity index is 1.68. The molecule has 4 aliphatic rings. The third-order valence-electron chi connectivity index (χ3n) is 8.99. The van der Waals surface area contributed by atoms with Crippen molar-refractivity contribution in [2.45, 2.75) is 76.9 Å². The molecule has 0 aromatic heterocycles. The van der Waals surface area contributed by atoms with E-state index < -0.39 is 11.7 Å². The lowest BCUT2D eigenvalue weighted by molar-refractivity contribution is -0.203. The van der Waals surface area contributed by atoms with E-state index in [4.69, 9.17) is 6.42 Å². The first-order valence-corrected chi connectivity index (χ1v) is 10.4. The van der Waals surface area contributed by atoms with E-state index in [9.17, 15) is 15.0 Å². The van der Waals surface area contributed by atoms with Gasteiger partial charge in [0.25, 0.3) is 5.91 Å². The van der Waals surface area contributed by atoms with Crippen molar-refractivity contribution < 1.29 is 15.0 Å². The van der Waals surface area contributed by atoms with Gasteiger partial charge < -0.3 is 15.5 Å². The number of fused-ring (bicyclic) bond motifs is 3. The highest BCUT2D eigenvalue weighted by Gasteiger charge is 2.69. The topological polar surface area (TPSA) is 69.6 Å². The molecule has 2 unspecified atom stereocenters. The Morgan fingerprint density at radius 1 is 1.37 bits per heavy atom. The van der Waals surface area contributed by atoms with Crippen LogP contribution < -0.4 is 5.32 Å². The predicted molar refractivity (Wildman–Crippen MR) is 105 cm³/mol. The van der Waals surface area contributed by atoms with Crippen LogP contribution in [-0.4, -0.2) is 34.4 Å². The summed E-state index contributed by atoms with van der Waals surface area (Å²) in [5, 5.41) is 25.1. The highest BCUT2D eigenvalue weighted by atomic mass is 16.3. The van der Waals surface area contributed by atoms with E-state index in [-0.39, 0.29) is 28.1 Å². The minimum atomic E-state index is -0.877. The van der Waals surface area contributed by atoms with Gasteiger partial charge in [-0.1, -0.05) is 26.8 Å². The lowest BCUT2D eigenvalue weighted by atomic mass is 9.40. The van der Waals surface area contributed by atoms with Gasteiger partial charge in [0.15, 0.2) is 0 Å². The predicted octanol–water partition coefficient (Wildman–Crippen LogP) is 2.79. The Kier molecular flexibility index (Phi) is 4.12. The molecule has 4 aliphatic carbocycles. The van der Waals surface area contributed by atoms with Gasteiger partial charge >= 0.3 is 0 Å². The van der Waals surface area contributed by atoms with E-state index in [1.165, 1.54) is 0 Å². The second-order valence-corrected chi connectivity index (χ2v) is 10.5. The van der Waals surface area contributed by atoms with E-state index in [0.29, 0.717) is 18.9 Å². The molecule has 2 bridgehead atoms. The summed E-state index contributed by atoms with van der Waals surface area (Å²) in [4.78, 5) is 11.7. The number of hydrogen-bond donors (Lipinski definition) is 3. The number of carbonyl (C=O) groups is 1. The molecule has 3 N–H and O–H groups in total. The molecule has 0 aliphatic heterocycles. The van der Waals surface area contributed by atoms with E-state index in [1.54, 1.807) is 0 Å². The van der Waals surface area contributed by atoms with E-state index in [2.05, 4.69) is 31.7 Å². The maximum Gasteiger partial charge on any atom is 0.295 e. The van der Waals surface area contributed by atoms with Gasteiger partial charge in [-0.05, 0) is 78.1 Å². The maximum absolute atomic E-state index is 11.7. The summed E-state index contributed by atoms with van der Waals surface area (Å²) in [5.41, 5.74) is 0.0279. The minimum Gasteiger partial charge on any atom is -0.393 e. The molecule has 4 nitrogen and oxygen atoms in total. The third-order valence-corrected chi connectivity index (χ3v) is 8.99. The van der Waals surface area contributed by atoms with Crippen LogP contribution in [0.3, 0.4) is 0 Å². The number of hydrogen-bond acceptors (Lipinski definition) is 3. The van der Waals surface area contributed by atoms with Crippen molar-refractivity contribution >= 4 is 5.91 Å². The van der Waals surface area contributed by atoms with Crippen molar-refractivity contribution in [1.82, 2.24) is 5.32 Å². The molecular weight excluding hydrogens is 338 g/mol. The van der Waals surface area contributed by atoms with E-state index in [0.717, 1.165) is 50.5 Å². The highest BCUT2D eigenvalue weighted by Crippen LogP contribution is 2.72. The molecular formula is C23H33NO3. The van der Waals surface area contributed by atoms with Crippen LogP contribution in [-0.2, 0) is 4.79 Å². The van der Waals surface area contributed by atoms with Crippen LogP contribution in [0.15, 0.2) is 12.2 Å². The molecule has 27 heavy (non-hydrogen) atoms. The van der Waals surface area contributed by atoms with Crippen molar-refractivity contribution in [3.8, 4) is 12.3 Å². The molecule has 4 rings (SSSR count). The number of rotatable bonds is 2. The van der Waals surface area contributed by atoms with Crippen molar-refractivity contribution in [3.05, 3.63) is 12.2 Å². The van der Waals surface area contributed by atoms with E-state index in [1.807, 2.05) is 0 Å². The summed E-state index contributed by atoms with van der Waals surface area (Å²) in [7, 11) is 0. The standard InChI is InChI=1S/C23H33NO3/c1-5-18(26)24-14-20(3)8-6-9-21(4)17(20)7-10-22-11-15(2)23(27,13-22)12-16(25)19(21)22/h1,16-17,19,25,27H,2,6-14H2,3-4H3,(H,24,26)/t16-,17?,19?,20-,21+,22+,23-/m0/s1. The zero-order valence-electron chi connectivity index (χ0n) is 16.7. The van der Waals surface area contributed by atoms with Crippen LogP contribution in [0, 0.1) is 40.4 Å². The molecule has 4 heteroatoms. The first kappa shape index (κ1) is 19.0. The Bertz CT molecular complexity index is 726. The molecule has 0 radical (unpaired) electrons. The van der Waals surface area contributed by atoms with Crippen molar-refractivity contribution in [2.24, 2.45) is 28.1 Å². The van der Waals surface area contributed by atoms with Crippen molar-refractivity contribution in [2.75, 3.05) is 6.54 Å². The normalized spacial score (nSPS) is 51.1. The third kappa shape index (κ3) is 2.54. The van der Waals surface area contributed by atoms with Gasteiger partial charge in [-0.25, -0.2) is 0 Å². The summed E-state index contributed by atoms with van der Waals surface area (Å²) in [6, 6.07) is 0. The zero-order valence-corrected chi connectivity index (χ0v) is 16.7. The van der Waals surface area contributed by atoms with Crippen molar-refractivity contribution in [1.29, 1.82) is 0 Å². The maximum atomic E-state index is 11.7. The Hall–Kier alpha value is -1.31. The first-order chi connectivity index (χ1) is 12.6. The van der Waals surface area contributed by atoms with E-state index >= 15 is 0 Å². The van der Waals surface area contributed by atoms with Crippen LogP contribution in [0.2, 0.25) is 0 Å². The fraction of sp³-hybridized carbons (Fsp3) is 0.783. The van der Waals surface area contributed by atoms with Gasteiger partial charge in [0.2, 0.25) is 0 Å². The lowest BCUT2D eigenvalue weighted by Gasteiger charge is -2.65. The van der Waals surface area contributed by atoms with Crippen LogP contribution in [0.4, 0.5) is 0 Å². The quantitative estimate of drug-likeness (QED) is 0.516. The fourth-order valence-corrected chi connectivity index (χ4v) is 8.18. The largest absolute Gasteiger partial charge is 0.393 e. The number of carbonyl (C=O) groups excluding carboxylic acids is 1. The fourth-order valence-electron chi connectivity index (χ4n) is 8.18. The van der Waals surface area contributed by atoms with Crippen LogP contribution in [0.5, 0.6) is 0 Å². The smallest absolute Gasteiger partial charge is 0.295 e. The molecule has 1 spiro atoms. The molecule has 4 saturated carbocycles. The van der Waals surface area contributed by atoms with Crippen LogP contribution >= 0.6 is 0 Å². The number of nitrogens with one attached hydrogen (secondary N) is 1. The Labute approximate surface area is 162 Å². The van der Waals surface area contributed by atoms with Crippen LogP contribution in [0.25, 0.3) is 0 Å². The zero-order chi connectivity index (χ0) is 19.7. The van der Waals surface area contributed by atoms with Gasteiger partial charge in [-0.3, -0.25) is 4.79 Å². The molecule has 0 aromatic rings. The summed E-state index contributed by atoms with van der Waals surface area (Å²) >= 11 is 0. The Morgan fingerprint density at radius 3 is 2.81 bits per heavy atom. The number of terminal acetylenes is 1. The monoisotopic (exact) mass is 371 g/mol. The average Bonchev–Trinajstić information content (AvgIpc) is 2.77. The summed E-state index contributed by atoms with van der Waals surface area (Å²) in [6.45, 7) is 9.42. The number of aliphatic hydroxyl groups excluding tert-OH is 1. The SMILES string of the molecule is C#CC(=O)NC[C@]1(C)CCC[C@]2(C)C1CC[C@]13CC(=C)[C@](O)(C[C@H](O)C12)C3. The minimum absolute atomic E-state index is 0.00972. The molecule has 4 fully saturated rings. The molecule has 1 amide bonds. The van der Waals surface area contributed by atoms with Crippen LogP contribution in [0.1, 0.15) is 65.2 Å². The molecule has 0 saturated heterocycles. The van der Waals surface area contributed by atoms with Crippen molar-refractivity contribution in [3.63, 3.8) is 0 Å². The second kappa shape index (κ2) is 5.84. The molecule has 0 aromatic carbocycles. The summed E-state index contributed by atoms with van der Waals surface area (Å²) in [5.74, 6) is 2.43. The number of amides is 1. The van der Waals surface area contributed by atoms with Gasteiger partial charge in [-0.15, -0.1) is 6.42 Å².